The van der Waals surface area contributed by atoms with E-state index in [0.29, 0.717) is 0 Å². The van der Waals surface area contributed by atoms with Crippen LogP contribution in [0.15, 0.2) is 35.9 Å². The van der Waals surface area contributed by atoms with E-state index in [4.69, 9.17) is 4.74 Å². The van der Waals surface area contributed by atoms with Crippen LogP contribution in [0.5, 0.6) is 0 Å². The number of hydrogen-bond acceptors (Lipinski definition) is 4. The molecular weight excluding hydrogens is 390 g/mol. The maximum absolute atomic E-state index is 12.4. The number of nitriles is 1. The Morgan fingerprint density at radius 2 is 2.10 bits per heavy atom. The number of carbonyl (C=O) groups is 2. The van der Waals surface area contributed by atoms with Gasteiger partial charge >= 0.3 is 5.97 Å². The Kier molecular flexibility index (Phi) is 7.30. The summed E-state index contributed by atoms with van der Waals surface area (Å²) >= 11 is 0. The molecule has 0 bridgehead atoms. The second-order valence-electron chi connectivity index (χ2n) is 7.94. The Labute approximate surface area is 183 Å². The van der Waals surface area contributed by atoms with Gasteiger partial charge in [-0.25, -0.2) is 4.79 Å². The van der Waals surface area contributed by atoms with Crippen LogP contribution in [0.2, 0.25) is 0 Å². The van der Waals surface area contributed by atoms with Gasteiger partial charge in [0.1, 0.15) is 11.6 Å². The van der Waals surface area contributed by atoms with Gasteiger partial charge in [-0.05, 0) is 68.4 Å². The third kappa shape index (κ3) is 5.24. The molecule has 1 aromatic heterocycles. The minimum absolute atomic E-state index is 0.0777. The minimum Gasteiger partial charge on any atom is -0.451 e. The van der Waals surface area contributed by atoms with E-state index in [-0.39, 0.29) is 17.5 Å². The lowest BCUT2D eigenvalue weighted by Gasteiger charge is -2.26. The van der Waals surface area contributed by atoms with E-state index in [0.717, 1.165) is 54.7 Å². The van der Waals surface area contributed by atoms with Crippen LogP contribution in [-0.4, -0.2) is 23.1 Å². The third-order valence-electron chi connectivity index (χ3n) is 5.74. The van der Waals surface area contributed by atoms with Crippen LogP contribution in [0.25, 0.3) is 6.08 Å². The van der Waals surface area contributed by atoms with Crippen molar-refractivity contribution in [2.75, 3.05) is 6.61 Å². The molecule has 0 aliphatic heterocycles. The fraction of sp³-hybridized carbons (Fsp3) is 0.400. The monoisotopic (exact) mass is 419 g/mol. The van der Waals surface area contributed by atoms with Crippen molar-refractivity contribution >= 4 is 18.0 Å². The SMILES string of the molecule is CCCn1c(C)cc(/C=C(\C#N)C(=O)OCC(=O)N[C@@H]2CCCc3ccccc32)c1C. The molecule has 2 aromatic rings. The van der Waals surface area contributed by atoms with Crippen molar-refractivity contribution in [3.63, 3.8) is 0 Å². The van der Waals surface area contributed by atoms with Crippen molar-refractivity contribution < 1.29 is 14.3 Å². The van der Waals surface area contributed by atoms with E-state index in [1.165, 1.54) is 11.6 Å². The van der Waals surface area contributed by atoms with Gasteiger partial charge in [0.2, 0.25) is 0 Å². The number of ether oxygens (including phenoxy) is 1. The van der Waals surface area contributed by atoms with Crippen LogP contribution in [0, 0.1) is 25.2 Å². The second kappa shape index (κ2) is 10.1. The zero-order valence-electron chi connectivity index (χ0n) is 18.4. The molecule has 1 atom stereocenters. The standard InChI is InChI=1S/C25H29N3O3/c1-4-12-28-17(2)13-20(18(28)3)14-21(15-26)25(30)31-16-24(29)27-23-11-7-9-19-8-5-6-10-22(19)23/h5-6,8,10,13-14,23H,4,7,9,11-12,16H2,1-3H3,(H,27,29)/b21-14+/t23-/m1/s1. The summed E-state index contributed by atoms with van der Waals surface area (Å²) in [6.07, 6.45) is 5.39. The summed E-state index contributed by atoms with van der Waals surface area (Å²) in [4.78, 5) is 24.8. The summed E-state index contributed by atoms with van der Waals surface area (Å²) in [6.45, 7) is 6.53. The first kappa shape index (κ1) is 22.4. The van der Waals surface area contributed by atoms with Crippen LogP contribution in [0.3, 0.4) is 0 Å². The number of aryl methyl sites for hydroxylation is 2. The number of nitrogens with zero attached hydrogens (tertiary/aromatic N) is 2. The zero-order valence-corrected chi connectivity index (χ0v) is 18.4. The Morgan fingerprint density at radius 1 is 1.32 bits per heavy atom. The molecule has 6 heteroatoms. The summed E-state index contributed by atoms with van der Waals surface area (Å²) in [5.41, 5.74) is 5.12. The Morgan fingerprint density at radius 3 is 2.84 bits per heavy atom. The number of rotatable bonds is 7. The van der Waals surface area contributed by atoms with E-state index in [1.54, 1.807) is 0 Å². The van der Waals surface area contributed by atoms with Gasteiger partial charge in [-0.15, -0.1) is 0 Å². The molecule has 3 rings (SSSR count). The summed E-state index contributed by atoms with van der Waals surface area (Å²) < 4.78 is 7.29. The van der Waals surface area contributed by atoms with Gasteiger partial charge in [0, 0.05) is 17.9 Å². The molecule has 1 amide bonds. The van der Waals surface area contributed by atoms with Gasteiger partial charge in [0.15, 0.2) is 6.61 Å². The predicted molar refractivity (Wildman–Crippen MR) is 119 cm³/mol. The molecule has 1 aromatic carbocycles. The van der Waals surface area contributed by atoms with Crippen molar-refractivity contribution in [2.24, 2.45) is 0 Å². The average Bonchev–Trinajstić information content (AvgIpc) is 3.03. The molecule has 0 saturated heterocycles. The van der Waals surface area contributed by atoms with Gasteiger partial charge in [0.25, 0.3) is 5.91 Å². The number of carbonyl (C=O) groups excluding carboxylic acids is 2. The van der Waals surface area contributed by atoms with Crippen molar-refractivity contribution in [1.82, 2.24) is 9.88 Å². The average molecular weight is 420 g/mol. The van der Waals surface area contributed by atoms with Crippen molar-refractivity contribution in [3.8, 4) is 6.07 Å². The maximum atomic E-state index is 12.4. The first-order chi connectivity index (χ1) is 14.9. The lowest BCUT2D eigenvalue weighted by Crippen LogP contribution is -2.34. The number of esters is 1. The molecule has 0 unspecified atom stereocenters. The van der Waals surface area contributed by atoms with Crippen LogP contribution in [0.1, 0.15) is 60.3 Å². The Balaban J connectivity index is 1.62. The fourth-order valence-electron chi connectivity index (χ4n) is 4.18. The van der Waals surface area contributed by atoms with E-state index < -0.39 is 12.6 Å². The van der Waals surface area contributed by atoms with Gasteiger partial charge < -0.3 is 14.6 Å². The molecule has 0 radical (unpaired) electrons. The summed E-state index contributed by atoms with van der Waals surface area (Å²) in [5, 5.41) is 12.4. The largest absolute Gasteiger partial charge is 0.451 e. The molecule has 1 heterocycles. The molecule has 0 fully saturated rings. The fourth-order valence-corrected chi connectivity index (χ4v) is 4.18. The van der Waals surface area contributed by atoms with Crippen LogP contribution in [-0.2, 0) is 27.3 Å². The van der Waals surface area contributed by atoms with Gasteiger partial charge in [-0.1, -0.05) is 31.2 Å². The van der Waals surface area contributed by atoms with Gasteiger partial charge in [-0.3, -0.25) is 4.79 Å². The van der Waals surface area contributed by atoms with E-state index in [1.807, 2.05) is 44.2 Å². The summed E-state index contributed by atoms with van der Waals surface area (Å²) in [5.74, 6) is -1.16. The van der Waals surface area contributed by atoms with Gasteiger partial charge in [-0.2, -0.15) is 5.26 Å². The number of benzene rings is 1. The van der Waals surface area contributed by atoms with Crippen LogP contribution < -0.4 is 5.32 Å². The first-order valence-electron chi connectivity index (χ1n) is 10.8. The first-order valence-corrected chi connectivity index (χ1v) is 10.8. The second-order valence-corrected chi connectivity index (χ2v) is 7.94. The molecule has 6 nitrogen and oxygen atoms in total. The highest BCUT2D eigenvalue weighted by atomic mass is 16.5. The number of amides is 1. The van der Waals surface area contributed by atoms with Crippen LogP contribution in [0.4, 0.5) is 0 Å². The summed E-state index contributed by atoms with van der Waals surface area (Å²) in [6, 6.07) is 11.8. The smallest absolute Gasteiger partial charge is 0.349 e. The predicted octanol–water partition coefficient (Wildman–Crippen LogP) is 4.16. The topological polar surface area (TPSA) is 84.1 Å². The molecule has 0 saturated carbocycles. The lowest BCUT2D eigenvalue weighted by atomic mass is 9.88. The number of hydrogen-bond donors (Lipinski definition) is 1. The Bertz CT molecular complexity index is 1040. The van der Waals surface area contributed by atoms with Crippen molar-refractivity contribution in [2.45, 2.75) is 59.0 Å². The molecule has 1 N–H and O–H groups in total. The molecule has 162 valence electrons. The van der Waals surface area contributed by atoms with Gasteiger partial charge in [0.05, 0.1) is 6.04 Å². The lowest BCUT2D eigenvalue weighted by molar-refractivity contribution is -0.144. The number of nitrogens with one attached hydrogen (secondary N) is 1. The molecule has 1 aliphatic carbocycles. The number of aromatic nitrogens is 1. The van der Waals surface area contributed by atoms with E-state index in [9.17, 15) is 14.9 Å². The molecule has 31 heavy (non-hydrogen) atoms. The van der Waals surface area contributed by atoms with Crippen molar-refractivity contribution in [3.05, 3.63) is 64.0 Å². The minimum atomic E-state index is -0.790. The number of fused-ring (bicyclic) bond motifs is 1. The highest BCUT2D eigenvalue weighted by Gasteiger charge is 2.22. The summed E-state index contributed by atoms with van der Waals surface area (Å²) in [7, 11) is 0. The third-order valence-corrected chi connectivity index (χ3v) is 5.74. The normalized spacial score (nSPS) is 15.7. The zero-order chi connectivity index (χ0) is 22.4. The highest BCUT2D eigenvalue weighted by Crippen LogP contribution is 2.29. The van der Waals surface area contributed by atoms with Crippen LogP contribution >= 0.6 is 0 Å². The highest BCUT2D eigenvalue weighted by molar-refractivity contribution is 5.99. The van der Waals surface area contributed by atoms with E-state index >= 15 is 0 Å². The van der Waals surface area contributed by atoms with E-state index in [2.05, 4.69) is 22.9 Å². The maximum Gasteiger partial charge on any atom is 0.349 e. The quantitative estimate of drug-likeness (QED) is 0.415. The Hall–Kier alpha value is -3.33. The van der Waals surface area contributed by atoms with Crippen molar-refractivity contribution in [1.29, 1.82) is 5.26 Å². The molecular formula is C25H29N3O3. The molecule has 0 spiro atoms. The molecule has 1 aliphatic rings.